The van der Waals surface area contributed by atoms with Crippen LogP contribution < -0.4 is 31.6 Å². The zero-order valence-electron chi connectivity index (χ0n) is 35.0. The molecular formula is C47H50ClFN10O4. The summed E-state index contributed by atoms with van der Waals surface area (Å²) >= 11 is 6.16. The van der Waals surface area contributed by atoms with Crippen LogP contribution in [0.25, 0.3) is 0 Å². The number of benzene rings is 4. The molecule has 2 atom stereocenters. The summed E-state index contributed by atoms with van der Waals surface area (Å²) < 4.78 is 14.7. The molecule has 8 rings (SSSR count). The topological polar surface area (TPSA) is 164 Å². The van der Waals surface area contributed by atoms with Gasteiger partial charge in [-0.25, -0.2) is 14.4 Å². The van der Waals surface area contributed by atoms with E-state index in [-0.39, 0.29) is 41.3 Å². The number of para-hydroxylation sites is 1. The lowest BCUT2D eigenvalue weighted by Gasteiger charge is -2.42. The molecule has 16 heteroatoms. The number of carbonyl (C=O) groups is 4. The Kier molecular flexibility index (Phi) is 13.5. The Hall–Kier alpha value is -6.42. The first-order chi connectivity index (χ1) is 30.5. The van der Waals surface area contributed by atoms with Gasteiger partial charge in [0, 0.05) is 73.4 Å². The first-order valence-corrected chi connectivity index (χ1v) is 21.7. The van der Waals surface area contributed by atoms with Crippen LogP contribution in [0, 0.1) is 11.7 Å². The fourth-order valence-electron chi connectivity index (χ4n) is 8.38. The van der Waals surface area contributed by atoms with Crippen molar-refractivity contribution in [2.75, 3.05) is 60.1 Å². The molecule has 3 aliphatic rings. The van der Waals surface area contributed by atoms with Gasteiger partial charge in [-0.1, -0.05) is 35.9 Å². The zero-order valence-corrected chi connectivity index (χ0v) is 35.7. The van der Waals surface area contributed by atoms with Crippen LogP contribution >= 0.6 is 11.6 Å². The van der Waals surface area contributed by atoms with Crippen LogP contribution in [-0.2, 0) is 9.59 Å². The van der Waals surface area contributed by atoms with Crippen molar-refractivity contribution in [3.05, 3.63) is 131 Å². The molecule has 5 aromatic rings. The van der Waals surface area contributed by atoms with Gasteiger partial charge in [0.1, 0.15) is 0 Å². The standard InChI is InChI=1S/C47H50ClFN10O4/c1-30-29-57(26-27-59(30)37-16-10-32(11-17-37)38-18-19-42(60)54-46(38)63)23-20-31-21-24-58(25-22-31)56-45(62)34-8-14-36(15-9-34)52-47-50-28-40(49)43(55-47)51-35-12-6-33(7-13-35)44(61)53-41-5-3-2-4-39(41)48/h2-17,28,30-31,38H,18-27,29H2,1H3,(H,53,61)(H,56,62)(H,54,60,63)(H2,50,51,52,55)/t30-,38?/m0/s1. The number of hydrogen-bond donors (Lipinski definition) is 5. The Bertz CT molecular complexity index is 2430. The van der Waals surface area contributed by atoms with Gasteiger partial charge >= 0.3 is 0 Å². The van der Waals surface area contributed by atoms with Crippen LogP contribution in [0.5, 0.6) is 0 Å². The molecule has 0 spiro atoms. The Morgan fingerprint density at radius 3 is 2.19 bits per heavy atom. The smallest absolute Gasteiger partial charge is 0.265 e. The molecule has 1 aromatic heterocycles. The van der Waals surface area contributed by atoms with Crippen LogP contribution in [0.15, 0.2) is 103 Å². The summed E-state index contributed by atoms with van der Waals surface area (Å²) in [4.78, 5) is 63.1. The molecule has 14 nitrogen and oxygen atoms in total. The quantitative estimate of drug-likeness (QED) is 0.0746. The minimum Gasteiger partial charge on any atom is -0.366 e. The van der Waals surface area contributed by atoms with Crippen molar-refractivity contribution < 1.29 is 23.6 Å². The van der Waals surface area contributed by atoms with Crippen molar-refractivity contribution in [3.63, 3.8) is 0 Å². The number of piperazine rings is 1. The molecule has 4 aromatic carbocycles. The molecule has 0 radical (unpaired) electrons. The number of aromatic nitrogens is 2. The third kappa shape index (κ3) is 11.0. The number of rotatable bonds is 13. The zero-order chi connectivity index (χ0) is 43.9. The van der Waals surface area contributed by atoms with E-state index in [1.165, 1.54) is 0 Å². The van der Waals surface area contributed by atoms with Gasteiger partial charge in [-0.3, -0.25) is 34.8 Å². The summed E-state index contributed by atoms with van der Waals surface area (Å²) in [7, 11) is 0. The maximum atomic E-state index is 14.7. The molecule has 0 aliphatic carbocycles. The van der Waals surface area contributed by atoms with E-state index in [0.29, 0.717) is 58.0 Å². The monoisotopic (exact) mass is 872 g/mol. The highest BCUT2D eigenvalue weighted by molar-refractivity contribution is 6.33. The van der Waals surface area contributed by atoms with Gasteiger partial charge in [0.2, 0.25) is 17.8 Å². The fourth-order valence-corrected chi connectivity index (χ4v) is 8.57. The highest BCUT2D eigenvalue weighted by Crippen LogP contribution is 2.29. The molecular weight excluding hydrogens is 823 g/mol. The minimum atomic E-state index is -0.656. The first-order valence-electron chi connectivity index (χ1n) is 21.4. The third-order valence-corrected chi connectivity index (χ3v) is 12.3. The van der Waals surface area contributed by atoms with Gasteiger partial charge in [0.05, 0.1) is 22.8 Å². The number of nitrogens with zero attached hydrogens (tertiary/aromatic N) is 5. The van der Waals surface area contributed by atoms with E-state index in [9.17, 15) is 23.6 Å². The number of nitrogens with one attached hydrogen (secondary N) is 5. The maximum Gasteiger partial charge on any atom is 0.265 e. The molecule has 63 heavy (non-hydrogen) atoms. The molecule has 4 amide bonds. The summed E-state index contributed by atoms with van der Waals surface area (Å²) in [6.07, 6.45) is 5.14. The van der Waals surface area contributed by atoms with Crippen LogP contribution in [0.4, 0.5) is 38.9 Å². The van der Waals surface area contributed by atoms with E-state index in [2.05, 4.69) is 65.5 Å². The first kappa shape index (κ1) is 43.2. The van der Waals surface area contributed by atoms with Crippen molar-refractivity contribution >= 4 is 69.7 Å². The summed E-state index contributed by atoms with van der Waals surface area (Å²) in [6.45, 7) is 7.80. The van der Waals surface area contributed by atoms with Crippen LogP contribution in [0.1, 0.15) is 71.2 Å². The average molecular weight is 873 g/mol. The van der Waals surface area contributed by atoms with Crippen LogP contribution in [0.2, 0.25) is 5.02 Å². The second kappa shape index (κ2) is 19.7. The lowest BCUT2D eigenvalue weighted by molar-refractivity contribution is -0.134. The highest BCUT2D eigenvalue weighted by atomic mass is 35.5. The van der Waals surface area contributed by atoms with E-state index < -0.39 is 5.82 Å². The van der Waals surface area contributed by atoms with Gasteiger partial charge in [0.25, 0.3) is 11.8 Å². The SMILES string of the molecule is C[C@H]1CN(CCC2CCN(NC(=O)c3ccc(Nc4ncc(F)c(Nc5ccc(C(=O)Nc6ccccc6Cl)cc5)n4)cc3)CC2)CCN1c1ccc(C2CCC(=O)NC2=O)cc1. The number of anilines is 6. The normalized spacial score (nSPS) is 18.7. The number of carbonyl (C=O) groups excluding carboxylic acids is 4. The Labute approximate surface area is 370 Å². The van der Waals surface area contributed by atoms with Gasteiger partial charge in [-0.15, -0.1) is 0 Å². The van der Waals surface area contributed by atoms with Gasteiger partial charge < -0.3 is 20.9 Å². The average Bonchev–Trinajstić information content (AvgIpc) is 3.29. The number of hydrazine groups is 1. The number of imide groups is 1. The van der Waals surface area contributed by atoms with E-state index in [0.717, 1.165) is 76.0 Å². The number of hydrogen-bond acceptors (Lipinski definition) is 11. The summed E-state index contributed by atoms with van der Waals surface area (Å²) in [5.41, 5.74) is 7.71. The number of halogens is 2. The van der Waals surface area contributed by atoms with E-state index in [1.54, 1.807) is 72.8 Å². The highest BCUT2D eigenvalue weighted by Gasteiger charge is 2.29. The largest absolute Gasteiger partial charge is 0.366 e. The minimum absolute atomic E-state index is 0.0532. The van der Waals surface area contributed by atoms with Crippen molar-refractivity contribution in [3.8, 4) is 0 Å². The lowest BCUT2D eigenvalue weighted by Crippen LogP contribution is -2.52. The van der Waals surface area contributed by atoms with Gasteiger partial charge in [-0.05, 0) is 123 Å². The van der Waals surface area contributed by atoms with E-state index >= 15 is 0 Å². The lowest BCUT2D eigenvalue weighted by atomic mass is 9.90. The number of piperidine rings is 2. The van der Waals surface area contributed by atoms with Crippen molar-refractivity contribution in [1.82, 2.24) is 30.6 Å². The molecule has 3 fully saturated rings. The summed E-state index contributed by atoms with van der Waals surface area (Å²) in [5.74, 6) is -1.15. The molecule has 1 unspecified atom stereocenters. The van der Waals surface area contributed by atoms with E-state index in [1.807, 2.05) is 17.1 Å². The predicted octanol–water partition coefficient (Wildman–Crippen LogP) is 7.49. The van der Waals surface area contributed by atoms with Crippen molar-refractivity contribution in [2.24, 2.45) is 5.92 Å². The Morgan fingerprint density at radius 2 is 1.51 bits per heavy atom. The Balaban J connectivity index is 0.747. The number of amides is 4. The predicted molar refractivity (Wildman–Crippen MR) is 242 cm³/mol. The molecule has 4 heterocycles. The molecule has 5 N–H and O–H groups in total. The molecule has 3 saturated heterocycles. The summed E-state index contributed by atoms with van der Waals surface area (Å²) in [5, 5.41) is 13.7. The van der Waals surface area contributed by atoms with E-state index in [4.69, 9.17) is 11.6 Å². The fraction of sp³-hybridized carbons (Fsp3) is 0.319. The summed E-state index contributed by atoms with van der Waals surface area (Å²) in [6, 6.07) is 29.0. The van der Waals surface area contributed by atoms with Crippen molar-refractivity contribution in [1.29, 1.82) is 0 Å². The second-order valence-electron chi connectivity index (χ2n) is 16.3. The van der Waals surface area contributed by atoms with Crippen LogP contribution in [-0.4, -0.2) is 88.8 Å². The maximum absolute atomic E-state index is 14.7. The Morgan fingerprint density at radius 1 is 0.825 bits per heavy atom. The van der Waals surface area contributed by atoms with Crippen LogP contribution in [0.3, 0.4) is 0 Å². The van der Waals surface area contributed by atoms with Gasteiger partial charge in [-0.2, -0.15) is 4.98 Å². The third-order valence-electron chi connectivity index (χ3n) is 12.0. The molecule has 0 saturated carbocycles. The van der Waals surface area contributed by atoms with Crippen molar-refractivity contribution in [2.45, 2.75) is 51.0 Å². The molecule has 3 aliphatic heterocycles. The second-order valence-corrected chi connectivity index (χ2v) is 16.7. The molecule has 0 bridgehead atoms. The van der Waals surface area contributed by atoms with Gasteiger partial charge in [0.15, 0.2) is 11.6 Å². The molecule has 326 valence electrons.